The predicted octanol–water partition coefficient (Wildman–Crippen LogP) is 3.14. The Balaban J connectivity index is 1.75. The van der Waals surface area contributed by atoms with E-state index in [1.807, 2.05) is 12.1 Å². The van der Waals surface area contributed by atoms with Crippen molar-refractivity contribution in [1.29, 1.82) is 0 Å². The first kappa shape index (κ1) is 16.6. The molecule has 6 heteroatoms. The zero-order chi connectivity index (χ0) is 17.1. The second-order valence-corrected chi connectivity index (χ2v) is 7.01. The van der Waals surface area contributed by atoms with E-state index in [9.17, 15) is 14.7 Å². The summed E-state index contributed by atoms with van der Waals surface area (Å²) in [6, 6.07) is 7.30. The molecule has 1 aliphatic carbocycles. The average molecular weight is 344 g/mol. The molecule has 1 heterocycles. The van der Waals surface area contributed by atoms with Gasteiger partial charge >= 0.3 is 5.97 Å². The maximum Gasteiger partial charge on any atom is 0.326 e. The van der Waals surface area contributed by atoms with Crippen LogP contribution in [0.3, 0.4) is 0 Å². The van der Waals surface area contributed by atoms with Crippen LogP contribution in [0, 0.1) is 6.92 Å². The normalized spacial score (nSPS) is 17.8. The Bertz CT molecular complexity index is 756. The van der Waals surface area contributed by atoms with Crippen molar-refractivity contribution >= 4 is 23.2 Å². The van der Waals surface area contributed by atoms with Crippen molar-refractivity contribution in [2.75, 3.05) is 0 Å². The number of thiazole rings is 1. The van der Waals surface area contributed by atoms with Crippen LogP contribution < -0.4 is 5.32 Å². The molecule has 0 fully saturated rings. The van der Waals surface area contributed by atoms with Gasteiger partial charge in [-0.3, -0.25) is 4.79 Å². The van der Waals surface area contributed by atoms with Gasteiger partial charge in [-0.15, -0.1) is 11.3 Å². The molecule has 24 heavy (non-hydrogen) atoms. The van der Waals surface area contributed by atoms with Gasteiger partial charge in [0.15, 0.2) is 0 Å². The standard InChI is InChI=1S/C18H20N2O3S/c1-11-16(24-10-19-11)17(21)20-15(18(22)23)9-13-7-4-6-12-5-2-3-8-14(12)13/h2-3,5,8,10,13,15H,4,6-7,9H2,1H3,(H,20,21)(H,22,23). The molecule has 126 valence electrons. The molecule has 0 spiro atoms. The number of carboxylic acids is 1. The molecule has 3 rings (SSSR count). The minimum Gasteiger partial charge on any atom is -0.480 e. The topological polar surface area (TPSA) is 79.3 Å². The summed E-state index contributed by atoms with van der Waals surface area (Å²) in [5.41, 5.74) is 4.74. The SMILES string of the molecule is Cc1ncsc1C(=O)NC(CC1CCCc2ccccc21)C(=O)O. The highest BCUT2D eigenvalue weighted by Gasteiger charge is 2.29. The van der Waals surface area contributed by atoms with Crippen LogP contribution in [0.1, 0.15) is 51.7 Å². The van der Waals surface area contributed by atoms with Crippen LogP contribution in [0.5, 0.6) is 0 Å². The number of nitrogens with one attached hydrogen (secondary N) is 1. The van der Waals surface area contributed by atoms with Gasteiger partial charge in [0.1, 0.15) is 10.9 Å². The molecule has 0 aliphatic heterocycles. The van der Waals surface area contributed by atoms with E-state index in [4.69, 9.17) is 0 Å². The smallest absolute Gasteiger partial charge is 0.326 e. The number of hydrogen-bond acceptors (Lipinski definition) is 4. The van der Waals surface area contributed by atoms with Crippen LogP contribution in [0.2, 0.25) is 0 Å². The van der Waals surface area contributed by atoms with Crippen molar-refractivity contribution in [2.45, 2.75) is 44.6 Å². The molecule has 1 amide bonds. The largest absolute Gasteiger partial charge is 0.480 e. The van der Waals surface area contributed by atoms with Crippen LogP contribution >= 0.6 is 11.3 Å². The highest BCUT2D eigenvalue weighted by atomic mass is 32.1. The van der Waals surface area contributed by atoms with Gasteiger partial charge in [0.25, 0.3) is 5.91 Å². The molecule has 2 unspecified atom stereocenters. The quantitative estimate of drug-likeness (QED) is 0.873. The third-order valence-corrected chi connectivity index (χ3v) is 5.50. The third kappa shape index (κ3) is 3.48. The second kappa shape index (κ2) is 7.13. The van der Waals surface area contributed by atoms with E-state index in [1.165, 1.54) is 22.5 Å². The number of carbonyl (C=O) groups is 2. The van der Waals surface area contributed by atoms with Crippen LogP contribution in [0.25, 0.3) is 0 Å². The molecule has 0 saturated carbocycles. The molecule has 1 aromatic heterocycles. The number of carbonyl (C=O) groups excluding carboxylic acids is 1. The summed E-state index contributed by atoms with van der Waals surface area (Å²) in [6.07, 6.45) is 3.46. The van der Waals surface area contributed by atoms with E-state index < -0.39 is 12.0 Å². The molecule has 5 nitrogen and oxygen atoms in total. The van der Waals surface area contributed by atoms with E-state index in [1.54, 1.807) is 12.4 Å². The molecule has 1 aromatic carbocycles. The average Bonchev–Trinajstić information content (AvgIpc) is 3.00. The first-order valence-electron chi connectivity index (χ1n) is 8.08. The lowest BCUT2D eigenvalue weighted by molar-refractivity contribution is -0.139. The number of aromatic nitrogens is 1. The fourth-order valence-corrected chi connectivity index (χ4v) is 4.05. The number of aliphatic carboxylic acids is 1. The molecule has 2 atom stereocenters. The summed E-state index contributed by atoms with van der Waals surface area (Å²) >= 11 is 1.23. The van der Waals surface area contributed by atoms with Gasteiger partial charge in [0, 0.05) is 0 Å². The molecule has 2 aromatic rings. The minimum absolute atomic E-state index is 0.166. The summed E-state index contributed by atoms with van der Waals surface area (Å²) in [5.74, 6) is -1.18. The minimum atomic E-state index is -0.992. The molecular weight excluding hydrogens is 324 g/mol. The van der Waals surface area contributed by atoms with Crippen molar-refractivity contribution in [3.05, 3.63) is 51.5 Å². The van der Waals surface area contributed by atoms with Crippen LogP contribution in [0.15, 0.2) is 29.8 Å². The number of rotatable bonds is 5. The number of amides is 1. The van der Waals surface area contributed by atoms with Crippen molar-refractivity contribution in [3.63, 3.8) is 0 Å². The summed E-state index contributed by atoms with van der Waals surface area (Å²) in [7, 11) is 0. The highest BCUT2D eigenvalue weighted by molar-refractivity contribution is 7.11. The Morgan fingerprint density at radius 1 is 1.42 bits per heavy atom. The summed E-state index contributed by atoms with van der Waals surface area (Å²) in [6.45, 7) is 1.75. The van der Waals surface area contributed by atoms with E-state index in [-0.39, 0.29) is 11.8 Å². The van der Waals surface area contributed by atoms with Gasteiger partial charge < -0.3 is 10.4 Å². The molecular formula is C18H20N2O3S. The molecule has 0 saturated heterocycles. The van der Waals surface area contributed by atoms with E-state index in [0.29, 0.717) is 17.0 Å². The van der Waals surface area contributed by atoms with Gasteiger partial charge in [-0.05, 0) is 49.7 Å². The first-order chi connectivity index (χ1) is 11.6. The fraction of sp³-hybridized carbons (Fsp3) is 0.389. The lowest BCUT2D eigenvalue weighted by Crippen LogP contribution is -2.42. The maximum absolute atomic E-state index is 12.3. The van der Waals surface area contributed by atoms with Crippen molar-refractivity contribution in [1.82, 2.24) is 10.3 Å². The Morgan fingerprint density at radius 3 is 2.92 bits per heavy atom. The highest BCUT2D eigenvalue weighted by Crippen LogP contribution is 2.34. The third-order valence-electron chi connectivity index (χ3n) is 4.57. The first-order valence-corrected chi connectivity index (χ1v) is 8.95. The number of nitrogens with zero attached hydrogens (tertiary/aromatic N) is 1. The molecule has 2 N–H and O–H groups in total. The second-order valence-electron chi connectivity index (χ2n) is 6.15. The predicted molar refractivity (Wildman–Crippen MR) is 92.5 cm³/mol. The Labute approximate surface area is 144 Å². The zero-order valence-electron chi connectivity index (χ0n) is 13.5. The van der Waals surface area contributed by atoms with E-state index in [0.717, 1.165) is 19.3 Å². The number of hydrogen-bond donors (Lipinski definition) is 2. The van der Waals surface area contributed by atoms with E-state index in [2.05, 4.69) is 22.4 Å². The lowest BCUT2D eigenvalue weighted by Gasteiger charge is -2.28. The number of aryl methyl sites for hydroxylation is 2. The molecule has 1 aliphatic rings. The summed E-state index contributed by atoms with van der Waals surface area (Å²) in [5, 5.41) is 12.2. The zero-order valence-corrected chi connectivity index (χ0v) is 14.3. The number of benzene rings is 1. The van der Waals surface area contributed by atoms with Gasteiger partial charge in [-0.2, -0.15) is 0 Å². The molecule has 0 radical (unpaired) electrons. The van der Waals surface area contributed by atoms with Gasteiger partial charge in [0.05, 0.1) is 11.2 Å². The van der Waals surface area contributed by atoms with Gasteiger partial charge in [-0.25, -0.2) is 9.78 Å². The Hall–Kier alpha value is -2.21. The summed E-state index contributed by atoms with van der Waals surface area (Å²) < 4.78 is 0. The Kier molecular flexibility index (Phi) is 4.94. The van der Waals surface area contributed by atoms with Gasteiger partial charge in [-0.1, -0.05) is 24.3 Å². The van der Waals surface area contributed by atoms with Crippen molar-refractivity contribution < 1.29 is 14.7 Å². The lowest BCUT2D eigenvalue weighted by atomic mass is 9.79. The number of carboxylic acid groups (broad SMARTS) is 1. The summed E-state index contributed by atoms with van der Waals surface area (Å²) in [4.78, 5) is 28.5. The number of fused-ring (bicyclic) bond motifs is 1. The molecule has 0 bridgehead atoms. The van der Waals surface area contributed by atoms with Crippen LogP contribution in [0.4, 0.5) is 0 Å². The maximum atomic E-state index is 12.3. The monoisotopic (exact) mass is 344 g/mol. The van der Waals surface area contributed by atoms with Crippen LogP contribution in [-0.2, 0) is 11.2 Å². The van der Waals surface area contributed by atoms with E-state index >= 15 is 0 Å². The fourth-order valence-electron chi connectivity index (χ4n) is 3.35. The Morgan fingerprint density at radius 2 is 2.21 bits per heavy atom. The van der Waals surface area contributed by atoms with Crippen LogP contribution in [-0.4, -0.2) is 28.0 Å². The van der Waals surface area contributed by atoms with Crippen molar-refractivity contribution in [2.24, 2.45) is 0 Å². The van der Waals surface area contributed by atoms with Crippen molar-refractivity contribution in [3.8, 4) is 0 Å². The van der Waals surface area contributed by atoms with Gasteiger partial charge in [0.2, 0.25) is 0 Å².